The van der Waals surface area contributed by atoms with Gasteiger partial charge in [-0.05, 0) is 40.3 Å². The summed E-state index contributed by atoms with van der Waals surface area (Å²) in [5, 5.41) is 4.57. The summed E-state index contributed by atoms with van der Waals surface area (Å²) in [6.45, 7) is 0. The highest BCUT2D eigenvalue weighted by Crippen LogP contribution is 2.32. The van der Waals surface area contributed by atoms with Gasteiger partial charge in [-0.25, -0.2) is 14.5 Å². The maximum atomic E-state index is 12.9. The van der Waals surface area contributed by atoms with E-state index in [1.54, 1.807) is 35.7 Å². The zero-order valence-corrected chi connectivity index (χ0v) is 18.5. The number of H-pyrrole nitrogens is 1. The lowest BCUT2D eigenvalue weighted by atomic mass is 10.2. The van der Waals surface area contributed by atoms with Crippen LogP contribution < -0.4 is 15.0 Å². The Hall–Kier alpha value is -2.37. The molecule has 0 aliphatic carbocycles. The fourth-order valence-electron chi connectivity index (χ4n) is 2.56. The van der Waals surface area contributed by atoms with Crippen LogP contribution in [-0.4, -0.2) is 18.7 Å². The second kappa shape index (κ2) is 8.05. The van der Waals surface area contributed by atoms with Crippen LogP contribution in [0.3, 0.4) is 0 Å². The van der Waals surface area contributed by atoms with Gasteiger partial charge < -0.3 is 0 Å². The lowest BCUT2D eigenvalue weighted by molar-refractivity contribution is -0.705. The van der Waals surface area contributed by atoms with Crippen LogP contribution in [0.4, 0.5) is 5.13 Å². The lowest BCUT2D eigenvalue weighted by Gasteiger charge is -2.01. The van der Waals surface area contributed by atoms with Gasteiger partial charge in [-0.15, -0.1) is 11.3 Å². The topological polar surface area (TPSA) is 109 Å². The van der Waals surface area contributed by atoms with Crippen molar-refractivity contribution in [3.8, 4) is 16.9 Å². The van der Waals surface area contributed by atoms with Crippen LogP contribution in [-0.2, 0) is 10.0 Å². The molecule has 0 aliphatic heterocycles. The van der Waals surface area contributed by atoms with Crippen LogP contribution in [0, 0.1) is 0 Å². The monoisotopic (exact) mass is 503 g/mol. The number of anilines is 1. The highest BCUT2D eigenvalue weighted by Gasteiger charge is 2.37. The number of aromatic amines is 1. The van der Waals surface area contributed by atoms with E-state index in [0.29, 0.717) is 32.0 Å². The van der Waals surface area contributed by atoms with E-state index in [9.17, 15) is 13.2 Å². The van der Waals surface area contributed by atoms with Crippen molar-refractivity contribution in [2.24, 2.45) is 0 Å². The predicted octanol–water partition coefficient (Wildman–Crippen LogP) is 4.13. The smallest absolute Gasteiger partial charge is 0.281 e. The Bertz CT molecular complexity index is 1400. The molecule has 2 heterocycles. The number of nitrogens with zero attached hydrogens (tertiary/aromatic N) is 2. The number of benzene rings is 2. The highest BCUT2D eigenvalue weighted by molar-refractivity contribution is 7.92. The molecule has 0 bridgehead atoms. The van der Waals surface area contributed by atoms with Gasteiger partial charge in [-0.2, -0.15) is 8.42 Å². The largest absolute Gasteiger partial charge is 0.449 e. The van der Waals surface area contributed by atoms with E-state index in [2.05, 4.69) is 19.5 Å². The molecule has 0 radical (unpaired) electrons. The van der Waals surface area contributed by atoms with Crippen molar-refractivity contribution in [3.63, 3.8) is 0 Å². The fourth-order valence-corrected chi connectivity index (χ4v) is 5.28. The molecule has 13 heteroatoms. The SMILES string of the molecule is O=c1o[nH][n+](-c2ccc(Cl)cc2)c1S(=O)(=O)Nc1nc(-c2ccc(Cl)cc2Cl)cs1. The van der Waals surface area contributed by atoms with Gasteiger partial charge in [0, 0.05) is 33.1 Å². The van der Waals surface area contributed by atoms with E-state index < -0.39 is 20.7 Å². The Morgan fingerprint density at radius 3 is 2.47 bits per heavy atom. The maximum absolute atomic E-state index is 12.9. The summed E-state index contributed by atoms with van der Waals surface area (Å²) >= 11 is 19.0. The Morgan fingerprint density at radius 1 is 1.07 bits per heavy atom. The molecule has 30 heavy (non-hydrogen) atoms. The van der Waals surface area contributed by atoms with Crippen molar-refractivity contribution < 1.29 is 17.6 Å². The minimum absolute atomic E-state index is 0.0410. The van der Waals surface area contributed by atoms with Gasteiger partial charge in [-0.3, -0.25) is 4.52 Å². The molecule has 2 aromatic heterocycles. The number of sulfonamides is 1. The molecular weight excluding hydrogens is 495 g/mol. The molecule has 0 unspecified atom stereocenters. The molecule has 154 valence electrons. The Balaban J connectivity index is 1.68. The van der Waals surface area contributed by atoms with Crippen LogP contribution in [0.5, 0.6) is 0 Å². The quantitative estimate of drug-likeness (QED) is 0.397. The summed E-state index contributed by atoms with van der Waals surface area (Å²) in [7, 11) is -4.34. The molecule has 4 aromatic rings. The summed E-state index contributed by atoms with van der Waals surface area (Å²) in [4.78, 5) is 16.4. The van der Waals surface area contributed by atoms with Crippen LogP contribution in [0.2, 0.25) is 15.1 Å². The molecular formula is C17H10Cl3N4O4S2+. The van der Waals surface area contributed by atoms with Crippen molar-refractivity contribution in [3.05, 3.63) is 73.3 Å². The Labute approximate surface area is 188 Å². The summed E-state index contributed by atoms with van der Waals surface area (Å²) in [6, 6.07) is 11.0. The fraction of sp³-hybridized carbons (Fsp3) is 0. The summed E-state index contributed by atoms with van der Waals surface area (Å²) < 4.78 is 33.7. The van der Waals surface area contributed by atoms with Gasteiger partial charge in [0.1, 0.15) is 0 Å². The second-order valence-electron chi connectivity index (χ2n) is 5.87. The molecule has 0 atom stereocenters. The maximum Gasteiger partial charge on any atom is 0.449 e. The first kappa shape index (κ1) is 20.9. The van der Waals surface area contributed by atoms with Gasteiger partial charge in [-0.1, -0.05) is 34.8 Å². The summed E-state index contributed by atoms with van der Waals surface area (Å²) in [5.41, 5.74) is 0.291. The molecule has 0 fully saturated rings. The number of hydrogen-bond acceptors (Lipinski definition) is 6. The van der Waals surface area contributed by atoms with Gasteiger partial charge >= 0.3 is 20.7 Å². The first-order valence-electron chi connectivity index (χ1n) is 8.08. The molecule has 0 spiro atoms. The first-order chi connectivity index (χ1) is 14.2. The molecule has 0 saturated heterocycles. The molecule has 8 nitrogen and oxygen atoms in total. The Morgan fingerprint density at radius 2 is 1.77 bits per heavy atom. The number of thiazole rings is 1. The Kier molecular flexibility index (Phi) is 5.60. The van der Waals surface area contributed by atoms with E-state index in [1.165, 1.54) is 12.1 Å². The van der Waals surface area contributed by atoms with Gasteiger partial charge in [0.15, 0.2) is 5.13 Å². The number of aromatic nitrogens is 3. The van der Waals surface area contributed by atoms with E-state index in [-0.39, 0.29) is 5.13 Å². The number of nitrogens with one attached hydrogen (secondary N) is 2. The average Bonchev–Trinajstić information content (AvgIpc) is 3.29. The van der Waals surface area contributed by atoms with Crippen molar-refractivity contribution in [2.75, 3.05) is 4.72 Å². The van der Waals surface area contributed by atoms with E-state index >= 15 is 0 Å². The van der Waals surface area contributed by atoms with Crippen LogP contribution in [0.15, 0.2) is 62.2 Å². The molecule has 0 aliphatic rings. The van der Waals surface area contributed by atoms with Crippen LogP contribution in [0.1, 0.15) is 0 Å². The van der Waals surface area contributed by atoms with Gasteiger partial charge in [0.25, 0.3) is 0 Å². The third-order valence-electron chi connectivity index (χ3n) is 3.88. The highest BCUT2D eigenvalue weighted by atomic mass is 35.5. The standard InChI is InChI=1S/C17H9Cl3N4O4S2/c18-9-1-4-11(5-2-9)24-15(16(25)28-23-24)30(26,27)22-17-21-14(8-29-17)12-6-3-10(19)7-13(12)20/h1-8H,(H-,21,22,23,25)/p+1. The van der Waals surface area contributed by atoms with Crippen molar-refractivity contribution in [1.82, 2.24) is 10.3 Å². The second-order valence-corrected chi connectivity index (χ2v) is 9.60. The van der Waals surface area contributed by atoms with E-state index in [0.717, 1.165) is 16.0 Å². The number of hydrogen-bond donors (Lipinski definition) is 2. The minimum Gasteiger partial charge on any atom is -0.281 e. The van der Waals surface area contributed by atoms with Crippen LogP contribution >= 0.6 is 46.1 Å². The summed E-state index contributed by atoms with van der Waals surface area (Å²) in [5.74, 6) is 0. The zero-order valence-electron chi connectivity index (χ0n) is 14.6. The molecule has 4 rings (SSSR count). The van der Waals surface area contributed by atoms with Gasteiger partial charge in [0.05, 0.1) is 10.7 Å². The van der Waals surface area contributed by atoms with Crippen molar-refractivity contribution in [2.45, 2.75) is 5.03 Å². The van der Waals surface area contributed by atoms with Crippen molar-refractivity contribution in [1.29, 1.82) is 0 Å². The molecule has 2 N–H and O–H groups in total. The van der Waals surface area contributed by atoms with E-state index in [1.807, 2.05) is 0 Å². The number of halogens is 3. The lowest BCUT2D eigenvalue weighted by Crippen LogP contribution is -2.42. The van der Waals surface area contributed by atoms with E-state index in [4.69, 9.17) is 34.8 Å². The van der Waals surface area contributed by atoms with Crippen LogP contribution in [0.25, 0.3) is 16.9 Å². The normalized spacial score (nSPS) is 11.6. The van der Waals surface area contributed by atoms with Gasteiger partial charge in [0.2, 0.25) is 5.69 Å². The average molecular weight is 505 g/mol. The first-order valence-corrected chi connectivity index (χ1v) is 11.6. The molecule has 0 amide bonds. The number of rotatable bonds is 5. The minimum atomic E-state index is -4.34. The summed E-state index contributed by atoms with van der Waals surface area (Å²) in [6.07, 6.45) is 0. The van der Waals surface area contributed by atoms with Crippen molar-refractivity contribution >= 4 is 61.3 Å². The third kappa shape index (κ3) is 4.09. The predicted molar refractivity (Wildman–Crippen MR) is 114 cm³/mol. The molecule has 2 aromatic carbocycles. The zero-order chi connectivity index (χ0) is 21.5. The third-order valence-corrected chi connectivity index (χ3v) is 6.89. The molecule has 0 saturated carbocycles.